The molecule has 5 aromatic rings. The molecule has 0 saturated heterocycles. The number of amidine groups is 1. The Hall–Kier alpha value is -4.96. The SMILES string of the molecule is Cc1ccc(C2=[N+](Cc3ccccc3)C(c3ccc(C)cc3)C(C(=O)[O-])(c3ccc(C)cc3)N2Cc2ccccc2)cc1. The van der Waals surface area contributed by atoms with Gasteiger partial charge in [0.15, 0.2) is 6.04 Å². The standard InChI is InChI=1S/C39H36N2O2/c1-28-14-20-33(21-15-28)36-39(38(42)43,35-24-18-30(3)19-25-35)41(27-32-12-8-5-9-13-32)37(34-22-16-29(2)17-23-34)40(36)26-31-10-6-4-7-11-31/h4-25,36H,26-27H2,1-3H3. The van der Waals surface area contributed by atoms with Crippen molar-refractivity contribution in [1.29, 1.82) is 0 Å². The minimum Gasteiger partial charge on any atom is -0.545 e. The summed E-state index contributed by atoms with van der Waals surface area (Å²) in [7, 11) is 0. The Morgan fingerprint density at radius 3 is 1.70 bits per heavy atom. The van der Waals surface area contributed by atoms with Crippen LogP contribution in [-0.2, 0) is 23.4 Å². The van der Waals surface area contributed by atoms with Crippen LogP contribution in [0, 0.1) is 20.8 Å². The molecule has 0 fully saturated rings. The van der Waals surface area contributed by atoms with Crippen molar-refractivity contribution in [2.45, 2.75) is 45.4 Å². The molecule has 214 valence electrons. The average molecular weight is 565 g/mol. The van der Waals surface area contributed by atoms with E-state index in [0.717, 1.165) is 44.8 Å². The zero-order chi connectivity index (χ0) is 30.0. The van der Waals surface area contributed by atoms with Crippen LogP contribution in [0.15, 0.2) is 133 Å². The predicted molar refractivity (Wildman–Crippen MR) is 169 cm³/mol. The van der Waals surface area contributed by atoms with E-state index >= 15 is 0 Å². The molecule has 0 aromatic heterocycles. The van der Waals surface area contributed by atoms with Crippen molar-refractivity contribution in [3.63, 3.8) is 0 Å². The lowest BCUT2D eigenvalue weighted by Gasteiger charge is -2.39. The Bertz CT molecular complexity index is 1740. The Kier molecular flexibility index (Phi) is 7.69. The van der Waals surface area contributed by atoms with E-state index in [0.29, 0.717) is 18.7 Å². The number of aliphatic carboxylic acids is 1. The number of carbonyl (C=O) groups excluding carboxylic acids is 1. The third kappa shape index (κ3) is 5.25. The normalized spacial score (nSPS) is 18.2. The maximum atomic E-state index is 14.1. The summed E-state index contributed by atoms with van der Waals surface area (Å²) in [5.74, 6) is -0.263. The second-order valence-electron chi connectivity index (χ2n) is 11.6. The van der Waals surface area contributed by atoms with Gasteiger partial charge in [-0.05, 0) is 44.0 Å². The number of carboxylic acid groups (broad SMARTS) is 1. The summed E-state index contributed by atoms with van der Waals surface area (Å²) in [5, 5.41) is 14.1. The summed E-state index contributed by atoms with van der Waals surface area (Å²) in [4.78, 5) is 16.2. The smallest absolute Gasteiger partial charge is 0.281 e. The highest BCUT2D eigenvalue weighted by molar-refractivity contribution is 6.00. The lowest BCUT2D eigenvalue weighted by Crippen LogP contribution is -2.59. The fourth-order valence-corrected chi connectivity index (χ4v) is 6.38. The number of nitrogens with zero attached hydrogens (tertiary/aromatic N) is 2. The van der Waals surface area contributed by atoms with Gasteiger partial charge < -0.3 is 9.90 Å². The molecule has 1 heterocycles. The first-order valence-corrected chi connectivity index (χ1v) is 14.8. The summed E-state index contributed by atoms with van der Waals surface area (Å²) >= 11 is 0. The first-order chi connectivity index (χ1) is 20.9. The van der Waals surface area contributed by atoms with Gasteiger partial charge in [-0.25, -0.2) is 9.48 Å². The van der Waals surface area contributed by atoms with Gasteiger partial charge in [0.05, 0.1) is 11.5 Å². The van der Waals surface area contributed by atoms with Gasteiger partial charge in [-0.1, -0.05) is 138 Å². The van der Waals surface area contributed by atoms with Crippen molar-refractivity contribution in [2.75, 3.05) is 0 Å². The van der Waals surface area contributed by atoms with Crippen LogP contribution in [0.1, 0.15) is 50.5 Å². The molecule has 0 N–H and O–H groups in total. The van der Waals surface area contributed by atoms with E-state index in [1.165, 1.54) is 0 Å². The van der Waals surface area contributed by atoms with E-state index < -0.39 is 17.6 Å². The fourth-order valence-electron chi connectivity index (χ4n) is 6.38. The summed E-state index contributed by atoms with van der Waals surface area (Å²) in [5.41, 5.74) is 6.50. The van der Waals surface area contributed by atoms with Crippen LogP contribution in [-0.4, -0.2) is 21.3 Å². The van der Waals surface area contributed by atoms with Gasteiger partial charge in [0, 0.05) is 11.1 Å². The summed E-state index contributed by atoms with van der Waals surface area (Å²) in [6.45, 7) is 7.06. The number of hydrogen-bond donors (Lipinski definition) is 0. The largest absolute Gasteiger partial charge is 0.545 e. The molecule has 5 aromatic carbocycles. The molecule has 0 amide bonds. The Labute approximate surface area is 254 Å². The van der Waals surface area contributed by atoms with E-state index in [1.807, 2.05) is 67.6 Å². The number of hydrogen-bond acceptors (Lipinski definition) is 3. The number of aryl methyl sites for hydroxylation is 3. The average Bonchev–Trinajstić information content (AvgIpc) is 3.29. The Morgan fingerprint density at radius 1 is 0.674 bits per heavy atom. The Balaban J connectivity index is 1.72. The molecular formula is C39H36N2O2. The van der Waals surface area contributed by atoms with Crippen molar-refractivity contribution in [3.05, 3.63) is 178 Å². The highest BCUT2D eigenvalue weighted by Crippen LogP contribution is 2.49. The second-order valence-corrected chi connectivity index (χ2v) is 11.6. The van der Waals surface area contributed by atoms with E-state index in [2.05, 4.69) is 96.1 Å². The maximum absolute atomic E-state index is 14.1. The van der Waals surface area contributed by atoms with Crippen LogP contribution in [0.3, 0.4) is 0 Å². The van der Waals surface area contributed by atoms with Gasteiger partial charge in [-0.2, -0.15) is 0 Å². The van der Waals surface area contributed by atoms with Crippen LogP contribution in [0.5, 0.6) is 0 Å². The minimum absolute atomic E-state index is 0.388. The van der Waals surface area contributed by atoms with Gasteiger partial charge in [0.25, 0.3) is 5.84 Å². The predicted octanol–water partition coefficient (Wildman–Crippen LogP) is 6.47. The number of carbonyl (C=O) groups is 1. The highest BCUT2D eigenvalue weighted by atomic mass is 16.4. The zero-order valence-corrected chi connectivity index (χ0v) is 24.9. The van der Waals surface area contributed by atoms with Gasteiger partial charge in [0.2, 0.25) is 5.54 Å². The van der Waals surface area contributed by atoms with Crippen LogP contribution in [0.4, 0.5) is 0 Å². The van der Waals surface area contributed by atoms with Crippen molar-refractivity contribution < 1.29 is 14.5 Å². The molecule has 0 saturated carbocycles. The van der Waals surface area contributed by atoms with Gasteiger partial charge in [0.1, 0.15) is 13.1 Å². The molecule has 2 unspecified atom stereocenters. The highest BCUT2D eigenvalue weighted by Gasteiger charge is 2.63. The lowest BCUT2D eigenvalue weighted by molar-refractivity contribution is -0.587. The minimum atomic E-state index is -1.53. The van der Waals surface area contributed by atoms with E-state index in [1.54, 1.807) is 0 Å². The van der Waals surface area contributed by atoms with Crippen molar-refractivity contribution >= 4 is 11.8 Å². The topological polar surface area (TPSA) is 46.4 Å². The monoisotopic (exact) mass is 564 g/mol. The number of benzene rings is 5. The molecule has 6 rings (SSSR count). The second kappa shape index (κ2) is 11.7. The van der Waals surface area contributed by atoms with Gasteiger partial charge in [-0.15, -0.1) is 0 Å². The molecule has 0 spiro atoms. The summed E-state index contributed by atoms with van der Waals surface area (Å²) in [6.07, 6.45) is 0. The first-order valence-electron chi connectivity index (χ1n) is 14.8. The van der Waals surface area contributed by atoms with E-state index in [9.17, 15) is 9.90 Å². The molecule has 4 nitrogen and oxygen atoms in total. The van der Waals surface area contributed by atoms with Crippen LogP contribution in [0.25, 0.3) is 0 Å². The lowest BCUT2D eigenvalue weighted by atomic mass is 9.77. The third-order valence-electron chi connectivity index (χ3n) is 8.55. The third-order valence-corrected chi connectivity index (χ3v) is 8.55. The van der Waals surface area contributed by atoms with E-state index in [-0.39, 0.29) is 0 Å². The van der Waals surface area contributed by atoms with Gasteiger partial charge in [-0.3, -0.25) is 0 Å². The first kappa shape index (κ1) is 28.2. The molecule has 0 radical (unpaired) electrons. The molecule has 1 aliphatic heterocycles. The Morgan fingerprint density at radius 2 is 1.16 bits per heavy atom. The summed E-state index contributed by atoms with van der Waals surface area (Å²) < 4.78 is 2.28. The molecule has 1 aliphatic rings. The quantitative estimate of drug-likeness (QED) is 0.203. The van der Waals surface area contributed by atoms with Gasteiger partial charge >= 0.3 is 0 Å². The summed E-state index contributed by atoms with van der Waals surface area (Å²) in [6, 6.07) is 44.4. The molecule has 43 heavy (non-hydrogen) atoms. The number of carboxylic acids is 1. The molecule has 0 aliphatic carbocycles. The molecule has 4 heteroatoms. The van der Waals surface area contributed by atoms with Crippen molar-refractivity contribution in [2.24, 2.45) is 0 Å². The molecule has 2 atom stereocenters. The van der Waals surface area contributed by atoms with Crippen LogP contribution >= 0.6 is 0 Å². The van der Waals surface area contributed by atoms with Crippen LogP contribution in [0.2, 0.25) is 0 Å². The molecule has 0 bridgehead atoms. The van der Waals surface area contributed by atoms with E-state index in [4.69, 9.17) is 0 Å². The number of rotatable bonds is 8. The van der Waals surface area contributed by atoms with Crippen molar-refractivity contribution in [3.8, 4) is 0 Å². The zero-order valence-electron chi connectivity index (χ0n) is 24.9. The van der Waals surface area contributed by atoms with Crippen molar-refractivity contribution in [1.82, 2.24) is 4.90 Å². The molecular weight excluding hydrogens is 528 g/mol. The fraction of sp³-hybridized carbons (Fsp3) is 0.179. The van der Waals surface area contributed by atoms with Crippen LogP contribution < -0.4 is 5.11 Å². The maximum Gasteiger partial charge on any atom is 0.281 e.